The standard InChI is InChI=1S/C18H20N2O4/c1-11-9-16(12(2)20(11)4)17(22)10-24-18(23)14-5-7-15(8-6-14)19-13(3)21/h5-9H,10H2,1-4H3,(H,19,21). The quantitative estimate of drug-likeness (QED) is 0.676. The average Bonchev–Trinajstić information content (AvgIpc) is 2.80. The Morgan fingerprint density at radius 1 is 1.12 bits per heavy atom. The highest BCUT2D eigenvalue weighted by atomic mass is 16.5. The molecule has 2 aromatic rings. The molecule has 0 unspecified atom stereocenters. The molecule has 0 spiro atoms. The molecule has 0 saturated heterocycles. The largest absolute Gasteiger partial charge is 0.454 e. The van der Waals surface area contributed by atoms with Gasteiger partial charge in [0.05, 0.1) is 5.56 Å². The molecule has 2 rings (SSSR count). The van der Waals surface area contributed by atoms with E-state index >= 15 is 0 Å². The normalized spacial score (nSPS) is 10.3. The van der Waals surface area contributed by atoms with Gasteiger partial charge in [0.25, 0.3) is 0 Å². The zero-order chi connectivity index (χ0) is 17.9. The van der Waals surface area contributed by atoms with Crippen LogP contribution in [0.3, 0.4) is 0 Å². The van der Waals surface area contributed by atoms with E-state index < -0.39 is 5.97 Å². The van der Waals surface area contributed by atoms with E-state index in [1.807, 2.05) is 25.5 Å². The number of Topliss-reactive ketones (excluding diaryl/α,β-unsaturated/α-hetero) is 1. The van der Waals surface area contributed by atoms with Gasteiger partial charge in [-0.3, -0.25) is 9.59 Å². The van der Waals surface area contributed by atoms with Crippen molar-refractivity contribution >= 4 is 23.3 Å². The Balaban J connectivity index is 1.98. The summed E-state index contributed by atoms with van der Waals surface area (Å²) in [6.45, 7) is 4.85. The van der Waals surface area contributed by atoms with E-state index in [0.29, 0.717) is 16.8 Å². The second-order valence-corrected chi connectivity index (χ2v) is 5.60. The van der Waals surface area contributed by atoms with Crippen molar-refractivity contribution in [1.82, 2.24) is 4.57 Å². The molecule has 6 heteroatoms. The molecular formula is C18H20N2O4. The van der Waals surface area contributed by atoms with Crippen molar-refractivity contribution in [3.8, 4) is 0 Å². The summed E-state index contributed by atoms with van der Waals surface area (Å²) in [5.74, 6) is -1.01. The number of hydrogen-bond donors (Lipinski definition) is 1. The number of esters is 1. The van der Waals surface area contributed by atoms with Crippen molar-refractivity contribution < 1.29 is 19.1 Å². The summed E-state index contributed by atoms with van der Waals surface area (Å²) in [6.07, 6.45) is 0. The van der Waals surface area contributed by atoms with Gasteiger partial charge in [-0.1, -0.05) is 0 Å². The van der Waals surface area contributed by atoms with Crippen molar-refractivity contribution in [2.75, 3.05) is 11.9 Å². The third-order valence-electron chi connectivity index (χ3n) is 3.85. The number of nitrogens with one attached hydrogen (secondary N) is 1. The van der Waals surface area contributed by atoms with Crippen molar-refractivity contribution in [2.24, 2.45) is 7.05 Å². The number of anilines is 1. The zero-order valence-electron chi connectivity index (χ0n) is 14.2. The van der Waals surface area contributed by atoms with Gasteiger partial charge in [-0.2, -0.15) is 0 Å². The van der Waals surface area contributed by atoms with Gasteiger partial charge in [0.1, 0.15) is 0 Å². The Kier molecular flexibility index (Phi) is 5.18. The topological polar surface area (TPSA) is 77.4 Å². The van der Waals surface area contributed by atoms with E-state index in [4.69, 9.17) is 4.74 Å². The second kappa shape index (κ2) is 7.12. The van der Waals surface area contributed by atoms with Crippen LogP contribution in [-0.2, 0) is 16.6 Å². The number of ketones is 1. The number of rotatable bonds is 5. The molecule has 1 heterocycles. The number of aromatic nitrogens is 1. The molecule has 0 saturated carbocycles. The maximum atomic E-state index is 12.2. The number of nitrogens with zero attached hydrogens (tertiary/aromatic N) is 1. The van der Waals surface area contributed by atoms with Crippen LogP contribution >= 0.6 is 0 Å². The van der Waals surface area contributed by atoms with E-state index in [2.05, 4.69) is 5.32 Å². The van der Waals surface area contributed by atoms with Crippen LogP contribution in [0.15, 0.2) is 30.3 Å². The molecule has 1 N–H and O–H groups in total. The molecule has 126 valence electrons. The number of amides is 1. The molecule has 24 heavy (non-hydrogen) atoms. The van der Waals surface area contributed by atoms with Crippen LogP contribution in [0.2, 0.25) is 0 Å². The summed E-state index contributed by atoms with van der Waals surface area (Å²) in [5.41, 5.74) is 3.27. The summed E-state index contributed by atoms with van der Waals surface area (Å²) in [7, 11) is 1.88. The van der Waals surface area contributed by atoms with Crippen LogP contribution in [0, 0.1) is 13.8 Å². The van der Waals surface area contributed by atoms with Crippen LogP contribution in [0.25, 0.3) is 0 Å². The van der Waals surface area contributed by atoms with Gasteiger partial charge in [-0.15, -0.1) is 0 Å². The smallest absolute Gasteiger partial charge is 0.338 e. The van der Waals surface area contributed by atoms with Crippen LogP contribution in [-0.4, -0.2) is 28.8 Å². The van der Waals surface area contributed by atoms with Crippen molar-refractivity contribution in [3.63, 3.8) is 0 Å². The minimum Gasteiger partial charge on any atom is -0.454 e. The first-order chi connectivity index (χ1) is 11.3. The minimum atomic E-state index is -0.581. The number of aryl methyl sites for hydroxylation is 1. The van der Waals surface area contributed by atoms with E-state index in [9.17, 15) is 14.4 Å². The predicted octanol–water partition coefficient (Wildman–Crippen LogP) is 2.64. The lowest BCUT2D eigenvalue weighted by molar-refractivity contribution is -0.114. The first kappa shape index (κ1) is 17.5. The van der Waals surface area contributed by atoms with Gasteiger partial charge < -0.3 is 14.6 Å². The molecule has 0 fully saturated rings. The number of benzene rings is 1. The molecule has 0 aliphatic rings. The molecule has 1 aromatic carbocycles. The van der Waals surface area contributed by atoms with Crippen LogP contribution < -0.4 is 5.32 Å². The van der Waals surface area contributed by atoms with Crippen LogP contribution in [0.4, 0.5) is 5.69 Å². The lowest BCUT2D eigenvalue weighted by Crippen LogP contribution is -2.15. The molecule has 0 aliphatic carbocycles. The predicted molar refractivity (Wildman–Crippen MR) is 90.2 cm³/mol. The molecule has 0 bridgehead atoms. The number of carbonyl (C=O) groups is 3. The van der Waals surface area contributed by atoms with E-state index in [-0.39, 0.29) is 18.3 Å². The molecule has 0 aliphatic heterocycles. The van der Waals surface area contributed by atoms with E-state index in [1.54, 1.807) is 18.2 Å². The molecule has 6 nitrogen and oxygen atoms in total. The summed E-state index contributed by atoms with van der Waals surface area (Å²) in [6, 6.07) is 8.06. The Bertz CT molecular complexity index is 788. The molecule has 1 aromatic heterocycles. The second-order valence-electron chi connectivity index (χ2n) is 5.60. The van der Waals surface area contributed by atoms with Gasteiger partial charge in [-0.25, -0.2) is 4.79 Å². The monoisotopic (exact) mass is 328 g/mol. The van der Waals surface area contributed by atoms with E-state index in [0.717, 1.165) is 11.4 Å². The fraction of sp³-hybridized carbons (Fsp3) is 0.278. The Morgan fingerprint density at radius 3 is 2.25 bits per heavy atom. The first-order valence-corrected chi connectivity index (χ1v) is 7.50. The Labute approximate surface area is 140 Å². The highest BCUT2D eigenvalue weighted by molar-refractivity contribution is 6.00. The summed E-state index contributed by atoms with van der Waals surface area (Å²) in [5, 5.41) is 2.61. The summed E-state index contributed by atoms with van der Waals surface area (Å²) in [4.78, 5) is 35.2. The minimum absolute atomic E-state index is 0.190. The third kappa shape index (κ3) is 3.90. The van der Waals surface area contributed by atoms with Crippen LogP contribution in [0.1, 0.15) is 39.0 Å². The zero-order valence-corrected chi connectivity index (χ0v) is 14.2. The summed E-state index contributed by atoms with van der Waals surface area (Å²) < 4.78 is 7.00. The Hall–Kier alpha value is -2.89. The maximum Gasteiger partial charge on any atom is 0.338 e. The van der Waals surface area contributed by atoms with Gasteiger partial charge in [0.15, 0.2) is 6.61 Å². The molecule has 1 amide bonds. The first-order valence-electron chi connectivity index (χ1n) is 7.50. The third-order valence-corrected chi connectivity index (χ3v) is 3.85. The fourth-order valence-electron chi connectivity index (χ4n) is 2.32. The molecular weight excluding hydrogens is 308 g/mol. The summed E-state index contributed by atoms with van der Waals surface area (Å²) >= 11 is 0. The van der Waals surface area contributed by atoms with Crippen molar-refractivity contribution in [2.45, 2.75) is 20.8 Å². The number of ether oxygens (including phenoxy) is 1. The lowest BCUT2D eigenvalue weighted by atomic mass is 10.1. The fourth-order valence-corrected chi connectivity index (χ4v) is 2.32. The van der Waals surface area contributed by atoms with Gasteiger partial charge in [0.2, 0.25) is 11.7 Å². The van der Waals surface area contributed by atoms with Gasteiger partial charge in [0, 0.05) is 36.6 Å². The highest BCUT2D eigenvalue weighted by Crippen LogP contribution is 2.15. The average molecular weight is 328 g/mol. The van der Waals surface area contributed by atoms with E-state index in [1.165, 1.54) is 19.1 Å². The highest BCUT2D eigenvalue weighted by Gasteiger charge is 2.16. The van der Waals surface area contributed by atoms with Crippen molar-refractivity contribution in [3.05, 3.63) is 52.8 Å². The molecule has 0 radical (unpaired) electrons. The molecule has 0 atom stereocenters. The lowest BCUT2D eigenvalue weighted by Gasteiger charge is -2.06. The maximum absolute atomic E-state index is 12.2. The van der Waals surface area contributed by atoms with Gasteiger partial charge in [-0.05, 0) is 44.2 Å². The van der Waals surface area contributed by atoms with Crippen LogP contribution in [0.5, 0.6) is 0 Å². The van der Waals surface area contributed by atoms with Gasteiger partial charge >= 0.3 is 5.97 Å². The Morgan fingerprint density at radius 2 is 1.75 bits per heavy atom. The number of hydrogen-bond acceptors (Lipinski definition) is 4. The van der Waals surface area contributed by atoms with Crippen molar-refractivity contribution in [1.29, 1.82) is 0 Å². The SMILES string of the molecule is CC(=O)Nc1ccc(C(=O)OCC(=O)c2cc(C)n(C)c2C)cc1. The number of carbonyl (C=O) groups excluding carboxylic acids is 3.